The van der Waals surface area contributed by atoms with E-state index in [0.29, 0.717) is 0 Å². The lowest BCUT2D eigenvalue weighted by atomic mass is 9.96. The summed E-state index contributed by atoms with van der Waals surface area (Å²) in [5, 5.41) is 6.71. The number of alkyl halides is 1. The first-order valence-corrected chi connectivity index (χ1v) is 5.74. The van der Waals surface area contributed by atoms with Gasteiger partial charge in [0.15, 0.2) is 0 Å². The zero-order valence-electron chi connectivity index (χ0n) is 9.71. The zero-order valence-corrected chi connectivity index (χ0v) is 10.5. The van der Waals surface area contributed by atoms with E-state index in [1.807, 2.05) is 6.07 Å². The van der Waals surface area contributed by atoms with Crippen LogP contribution in [0.3, 0.4) is 0 Å². The van der Waals surface area contributed by atoms with E-state index >= 15 is 0 Å². The van der Waals surface area contributed by atoms with Gasteiger partial charge in [-0.15, -0.1) is 11.6 Å². The molecule has 1 aromatic carbocycles. The molecule has 0 spiro atoms. The van der Waals surface area contributed by atoms with Crippen molar-refractivity contribution < 1.29 is 0 Å². The summed E-state index contributed by atoms with van der Waals surface area (Å²) in [6, 6.07) is 6.23. The number of nitrogens with zero attached hydrogens (tertiary/aromatic N) is 1. The minimum Gasteiger partial charge on any atom is -0.281 e. The molecule has 1 atom stereocenters. The Kier molecular flexibility index (Phi) is 3.01. The number of halogens is 1. The summed E-state index contributed by atoms with van der Waals surface area (Å²) < 4.78 is 0. The highest BCUT2D eigenvalue weighted by Gasteiger charge is 2.16. The summed E-state index contributed by atoms with van der Waals surface area (Å²) in [6.45, 7) is 6.30. The maximum Gasteiger partial charge on any atom is 0.101 e. The molecule has 0 aliphatic heterocycles. The van der Waals surface area contributed by atoms with Crippen molar-refractivity contribution in [2.45, 2.75) is 26.1 Å². The van der Waals surface area contributed by atoms with E-state index in [2.05, 4.69) is 43.1 Å². The van der Waals surface area contributed by atoms with Gasteiger partial charge in [-0.2, -0.15) is 5.10 Å². The number of aromatic nitrogens is 2. The lowest BCUT2D eigenvalue weighted by molar-refractivity contribution is 0.960. The van der Waals surface area contributed by atoms with E-state index in [1.54, 1.807) is 6.20 Å². The zero-order chi connectivity index (χ0) is 11.7. The molecule has 0 radical (unpaired) electrons. The molecule has 0 fully saturated rings. The molecule has 1 unspecified atom stereocenters. The summed E-state index contributed by atoms with van der Waals surface area (Å²) in [6.07, 6.45) is 1.73. The average molecular weight is 235 g/mol. The normalized spacial score (nSPS) is 12.8. The van der Waals surface area contributed by atoms with Gasteiger partial charge in [-0.05, 0) is 43.5 Å². The highest BCUT2D eigenvalue weighted by molar-refractivity contribution is 6.22. The third-order valence-electron chi connectivity index (χ3n) is 2.79. The smallest absolute Gasteiger partial charge is 0.101 e. The van der Waals surface area contributed by atoms with Gasteiger partial charge in [-0.3, -0.25) is 5.10 Å². The van der Waals surface area contributed by atoms with Gasteiger partial charge in [0, 0.05) is 6.20 Å². The van der Waals surface area contributed by atoms with Crippen LogP contribution in [0.15, 0.2) is 24.4 Å². The second-order valence-corrected chi connectivity index (χ2v) is 4.62. The number of aryl methyl sites for hydroxylation is 3. The molecule has 2 nitrogen and oxygen atoms in total. The molecule has 1 aromatic heterocycles. The molecular formula is C13H15ClN2. The maximum atomic E-state index is 6.46. The Labute approximate surface area is 101 Å². The monoisotopic (exact) mass is 234 g/mol. The van der Waals surface area contributed by atoms with Crippen LogP contribution in [0.5, 0.6) is 0 Å². The van der Waals surface area contributed by atoms with E-state index in [0.717, 1.165) is 5.69 Å². The number of nitrogens with one attached hydrogen (secondary N) is 1. The van der Waals surface area contributed by atoms with E-state index in [1.165, 1.54) is 22.3 Å². The van der Waals surface area contributed by atoms with E-state index < -0.39 is 0 Å². The molecule has 0 amide bonds. The maximum absolute atomic E-state index is 6.46. The Bertz CT molecular complexity index is 466. The van der Waals surface area contributed by atoms with Crippen molar-refractivity contribution in [3.8, 4) is 0 Å². The molecule has 2 rings (SSSR count). The molecule has 0 saturated carbocycles. The van der Waals surface area contributed by atoms with Crippen LogP contribution in [0.25, 0.3) is 0 Å². The van der Waals surface area contributed by atoms with E-state index in [9.17, 15) is 0 Å². The van der Waals surface area contributed by atoms with Crippen LogP contribution in [-0.2, 0) is 0 Å². The minimum atomic E-state index is -0.150. The van der Waals surface area contributed by atoms with Crippen LogP contribution in [0, 0.1) is 20.8 Å². The standard InChI is InChI=1S/C13H15ClN2/c1-8-6-9(2)12(10(3)7-8)13(14)11-4-5-15-16-11/h4-7,13H,1-3H3,(H,15,16). The quantitative estimate of drug-likeness (QED) is 0.790. The Morgan fingerprint density at radius 1 is 1.19 bits per heavy atom. The van der Waals surface area contributed by atoms with E-state index in [4.69, 9.17) is 11.6 Å². The Morgan fingerprint density at radius 3 is 2.31 bits per heavy atom. The van der Waals surface area contributed by atoms with Crippen molar-refractivity contribution in [3.05, 3.63) is 52.3 Å². The molecule has 0 aliphatic carbocycles. The lowest BCUT2D eigenvalue weighted by Gasteiger charge is -2.15. The van der Waals surface area contributed by atoms with Gasteiger partial charge in [-0.25, -0.2) is 0 Å². The molecule has 0 saturated heterocycles. The van der Waals surface area contributed by atoms with Crippen LogP contribution in [-0.4, -0.2) is 10.2 Å². The van der Waals surface area contributed by atoms with Gasteiger partial charge < -0.3 is 0 Å². The summed E-state index contributed by atoms with van der Waals surface area (Å²) in [7, 11) is 0. The van der Waals surface area contributed by atoms with Gasteiger partial charge in [0.2, 0.25) is 0 Å². The number of hydrogen-bond donors (Lipinski definition) is 1. The molecule has 84 valence electrons. The van der Waals surface area contributed by atoms with Crippen LogP contribution in [0.4, 0.5) is 0 Å². The molecule has 3 heteroatoms. The lowest BCUT2D eigenvalue weighted by Crippen LogP contribution is -2.00. The molecular weight excluding hydrogens is 220 g/mol. The number of rotatable bonds is 2. The predicted octanol–water partition coefficient (Wildman–Crippen LogP) is 3.66. The second kappa shape index (κ2) is 4.30. The second-order valence-electron chi connectivity index (χ2n) is 4.19. The number of aromatic amines is 1. The molecule has 2 aromatic rings. The van der Waals surface area contributed by atoms with Crippen molar-refractivity contribution in [1.82, 2.24) is 10.2 Å². The Hall–Kier alpha value is -1.28. The van der Waals surface area contributed by atoms with Crippen molar-refractivity contribution in [2.75, 3.05) is 0 Å². The first kappa shape index (κ1) is 11.2. The molecule has 1 N–H and O–H groups in total. The van der Waals surface area contributed by atoms with Gasteiger partial charge in [0.05, 0.1) is 5.69 Å². The topological polar surface area (TPSA) is 28.7 Å². The number of benzene rings is 1. The van der Waals surface area contributed by atoms with Gasteiger partial charge in [-0.1, -0.05) is 17.7 Å². The summed E-state index contributed by atoms with van der Waals surface area (Å²) in [5.41, 5.74) is 5.85. The van der Waals surface area contributed by atoms with Crippen LogP contribution < -0.4 is 0 Å². The molecule has 16 heavy (non-hydrogen) atoms. The van der Waals surface area contributed by atoms with Crippen LogP contribution >= 0.6 is 11.6 Å². The van der Waals surface area contributed by atoms with Crippen molar-refractivity contribution in [1.29, 1.82) is 0 Å². The third kappa shape index (κ3) is 1.98. The van der Waals surface area contributed by atoms with Gasteiger partial charge in [0.25, 0.3) is 0 Å². The molecule has 1 heterocycles. The van der Waals surface area contributed by atoms with Gasteiger partial charge >= 0.3 is 0 Å². The highest BCUT2D eigenvalue weighted by Crippen LogP contribution is 2.32. The highest BCUT2D eigenvalue weighted by atomic mass is 35.5. The predicted molar refractivity (Wildman–Crippen MR) is 66.9 cm³/mol. The fourth-order valence-electron chi connectivity index (χ4n) is 2.15. The van der Waals surface area contributed by atoms with Crippen LogP contribution in [0.2, 0.25) is 0 Å². The van der Waals surface area contributed by atoms with Gasteiger partial charge in [0.1, 0.15) is 5.38 Å². The van der Waals surface area contributed by atoms with E-state index in [-0.39, 0.29) is 5.38 Å². The van der Waals surface area contributed by atoms with Crippen molar-refractivity contribution in [3.63, 3.8) is 0 Å². The molecule has 0 aliphatic rings. The number of hydrogen-bond acceptors (Lipinski definition) is 1. The van der Waals surface area contributed by atoms with Crippen molar-refractivity contribution >= 4 is 11.6 Å². The van der Waals surface area contributed by atoms with Crippen LogP contribution in [0.1, 0.15) is 33.3 Å². The SMILES string of the molecule is Cc1cc(C)c(C(Cl)c2ccn[nH]2)c(C)c1. The fraction of sp³-hybridized carbons (Fsp3) is 0.308. The Morgan fingerprint density at radius 2 is 1.81 bits per heavy atom. The number of H-pyrrole nitrogens is 1. The third-order valence-corrected chi connectivity index (χ3v) is 3.24. The summed E-state index contributed by atoms with van der Waals surface area (Å²) in [5.74, 6) is 0. The fourth-order valence-corrected chi connectivity index (χ4v) is 2.62. The minimum absolute atomic E-state index is 0.150. The average Bonchev–Trinajstić information content (AvgIpc) is 2.67. The molecule has 0 bridgehead atoms. The van der Waals surface area contributed by atoms with Crippen molar-refractivity contribution in [2.24, 2.45) is 0 Å². The summed E-state index contributed by atoms with van der Waals surface area (Å²) in [4.78, 5) is 0. The largest absolute Gasteiger partial charge is 0.281 e. The first-order valence-electron chi connectivity index (χ1n) is 5.30. The Balaban J connectivity index is 2.48. The summed E-state index contributed by atoms with van der Waals surface area (Å²) >= 11 is 6.46. The first-order chi connectivity index (χ1) is 7.59.